The maximum Gasteiger partial charge on any atom is 0.124 e. The average molecular weight is 257 g/mol. The molecule has 0 saturated heterocycles. The van der Waals surface area contributed by atoms with Gasteiger partial charge in [-0.25, -0.2) is 0 Å². The summed E-state index contributed by atoms with van der Waals surface area (Å²) < 4.78 is 10.5. The number of ether oxygens (including phenoxy) is 2. The number of rotatable bonds is 5. The van der Waals surface area contributed by atoms with Crippen molar-refractivity contribution in [1.82, 2.24) is 0 Å². The number of hydrogen-bond donors (Lipinski definition) is 1. The molecular formula is C16H19NO2. The van der Waals surface area contributed by atoms with Crippen LogP contribution in [0.4, 0.5) is 5.69 Å². The fraction of sp³-hybridized carbons (Fsp3) is 0.250. The first-order chi connectivity index (χ1) is 9.21. The topological polar surface area (TPSA) is 30.5 Å². The summed E-state index contributed by atoms with van der Waals surface area (Å²) in [4.78, 5) is 0. The first kappa shape index (κ1) is 13.3. The Labute approximate surface area is 114 Å². The minimum Gasteiger partial charge on any atom is -0.497 e. The van der Waals surface area contributed by atoms with Gasteiger partial charge in [-0.1, -0.05) is 29.8 Å². The molecule has 0 aliphatic heterocycles. The Morgan fingerprint density at radius 2 is 1.63 bits per heavy atom. The fourth-order valence-corrected chi connectivity index (χ4v) is 1.94. The monoisotopic (exact) mass is 257 g/mol. The normalized spacial score (nSPS) is 10.1. The van der Waals surface area contributed by atoms with E-state index in [1.807, 2.05) is 18.2 Å². The summed E-state index contributed by atoms with van der Waals surface area (Å²) in [5.74, 6) is 1.57. The van der Waals surface area contributed by atoms with E-state index in [1.165, 1.54) is 11.1 Å². The average Bonchev–Trinajstić information content (AvgIpc) is 2.44. The lowest BCUT2D eigenvalue weighted by molar-refractivity contribution is 0.394. The van der Waals surface area contributed by atoms with E-state index >= 15 is 0 Å². The molecule has 0 aliphatic carbocycles. The Morgan fingerprint density at radius 3 is 2.21 bits per heavy atom. The second-order valence-corrected chi connectivity index (χ2v) is 4.44. The first-order valence-electron chi connectivity index (χ1n) is 6.24. The van der Waals surface area contributed by atoms with Crippen LogP contribution in [0.25, 0.3) is 0 Å². The molecule has 0 bridgehead atoms. The minimum atomic E-state index is 0.776. The molecule has 3 heteroatoms. The first-order valence-corrected chi connectivity index (χ1v) is 6.24. The van der Waals surface area contributed by atoms with Crippen molar-refractivity contribution in [3.8, 4) is 11.5 Å². The van der Waals surface area contributed by atoms with E-state index in [-0.39, 0.29) is 0 Å². The maximum absolute atomic E-state index is 5.25. The summed E-state index contributed by atoms with van der Waals surface area (Å²) in [5, 5.41) is 3.38. The second kappa shape index (κ2) is 6.14. The van der Waals surface area contributed by atoms with Crippen LogP contribution in [-0.2, 0) is 6.54 Å². The van der Waals surface area contributed by atoms with Gasteiger partial charge in [-0.3, -0.25) is 0 Å². The standard InChI is InChI=1S/C16H19NO2/c1-12-5-4-6-13(7-12)11-17-14-8-15(18-2)10-16(9-14)19-3/h4-10,17H,11H2,1-3H3. The van der Waals surface area contributed by atoms with Crippen molar-refractivity contribution in [2.45, 2.75) is 13.5 Å². The van der Waals surface area contributed by atoms with Crippen LogP contribution >= 0.6 is 0 Å². The third-order valence-corrected chi connectivity index (χ3v) is 2.93. The van der Waals surface area contributed by atoms with Gasteiger partial charge < -0.3 is 14.8 Å². The molecule has 0 heterocycles. The molecular weight excluding hydrogens is 238 g/mol. The number of anilines is 1. The molecule has 0 atom stereocenters. The zero-order chi connectivity index (χ0) is 13.7. The number of hydrogen-bond acceptors (Lipinski definition) is 3. The predicted octanol–water partition coefficient (Wildman–Crippen LogP) is 3.62. The van der Waals surface area contributed by atoms with Crippen LogP contribution in [0.5, 0.6) is 11.5 Å². The van der Waals surface area contributed by atoms with Gasteiger partial charge in [0.2, 0.25) is 0 Å². The lowest BCUT2D eigenvalue weighted by Gasteiger charge is -2.11. The molecule has 0 spiro atoms. The van der Waals surface area contributed by atoms with E-state index in [9.17, 15) is 0 Å². The van der Waals surface area contributed by atoms with Gasteiger partial charge in [-0.15, -0.1) is 0 Å². The highest BCUT2D eigenvalue weighted by molar-refractivity contribution is 5.54. The number of nitrogens with one attached hydrogen (secondary N) is 1. The highest BCUT2D eigenvalue weighted by Crippen LogP contribution is 2.26. The smallest absolute Gasteiger partial charge is 0.124 e. The van der Waals surface area contributed by atoms with Crippen molar-refractivity contribution >= 4 is 5.69 Å². The third kappa shape index (κ3) is 3.65. The van der Waals surface area contributed by atoms with Crippen molar-refractivity contribution in [2.75, 3.05) is 19.5 Å². The molecule has 0 amide bonds. The molecule has 2 aromatic rings. The summed E-state index contributed by atoms with van der Waals surface area (Å²) in [6, 6.07) is 14.2. The van der Waals surface area contributed by atoms with E-state index in [0.29, 0.717) is 0 Å². The molecule has 0 saturated carbocycles. The van der Waals surface area contributed by atoms with Gasteiger partial charge in [-0.05, 0) is 12.5 Å². The van der Waals surface area contributed by atoms with Crippen LogP contribution in [0.1, 0.15) is 11.1 Å². The van der Waals surface area contributed by atoms with Crippen LogP contribution in [0.15, 0.2) is 42.5 Å². The van der Waals surface area contributed by atoms with Crippen LogP contribution in [0.2, 0.25) is 0 Å². The van der Waals surface area contributed by atoms with Gasteiger partial charge in [-0.2, -0.15) is 0 Å². The summed E-state index contributed by atoms with van der Waals surface area (Å²) in [6.07, 6.45) is 0. The highest BCUT2D eigenvalue weighted by atomic mass is 16.5. The largest absolute Gasteiger partial charge is 0.497 e. The second-order valence-electron chi connectivity index (χ2n) is 4.44. The van der Waals surface area contributed by atoms with Crippen molar-refractivity contribution in [3.63, 3.8) is 0 Å². The van der Waals surface area contributed by atoms with Crippen LogP contribution in [-0.4, -0.2) is 14.2 Å². The van der Waals surface area contributed by atoms with E-state index in [2.05, 4.69) is 36.5 Å². The Morgan fingerprint density at radius 1 is 0.947 bits per heavy atom. The molecule has 2 rings (SSSR count). The van der Waals surface area contributed by atoms with E-state index in [0.717, 1.165) is 23.7 Å². The zero-order valence-corrected chi connectivity index (χ0v) is 11.6. The van der Waals surface area contributed by atoms with Gasteiger partial charge in [0.15, 0.2) is 0 Å². The molecule has 19 heavy (non-hydrogen) atoms. The van der Waals surface area contributed by atoms with E-state index in [4.69, 9.17) is 9.47 Å². The Kier molecular flexibility index (Phi) is 4.29. The van der Waals surface area contributed by atoms with Gasteiger partial charge in [0, 0.05) is 30.4 Å². The summed E-state index contributed by atoms with van der Waals surface area (Å²) in [7, 11) is 3.30. The zero-order valence-electron chi connectivity index (χ0n) is 11.6. The predicted molar refractivity (Wildman–Crippen MR) is 78.1 cm³/mol. The van der Waals surface area contributed by atoms with Crippen molar-refractivity contribution < 1.29 is 9.47 Å². The van der Waals surface area contributed by atoms with Crippen LogP contribution in [0.3, 0.4) is 0 Å². The molecule has 1 N–H and O–H groups in total. The molecule has 2 aromatic carbocycles. The number of aryl methyl sites for hydroxylation is 1. The molecule has 3 nitrogen and oxygen atoms in total. The Bertz CT molecular complexity index is 530. The van der Waals surface area contributed by atoms with Gasteiger partial charge in [0.1, 0.15) is 11.5 Å². The summed E-state index contributed by atoms with van der Waals surface area (Å²) in [6.45, 7) is 2.87. The Balaban J connectivity index is 2.10. The number of benzene rings is 2. The van der Waals surface area contributed by atoms with Gasteiger partial charge >= 0.3 is 0 Å². The number of methoxy groups -OCH3 is 2. The summed E-state index contributed by atoms with van der Waals surface area (Å²) >= 11 is 0. The van der Waals surface area contributed by atoms with Crippen molar-refractivity contribution in [3.05, 3.63) is 53.6 Å². The third-order valence-electron chi connectivity index (χ3n) is 2.93. The summed E-state index contributed by atoms with van der Waals surface area (Å²) in [5.41, 5.74) is 3.50. The van der Waals surface area contributed by atoms with E-state index in [1.54, 1.807) is 14.2 Å². The quantitative estimate of drug-likeness (QED) is 0.887. The Hall–Kier alpha value is -2.16. The molecule has 100 valence electrons. The van der Waals surface area contributed by atoms with Crippen LogP contribution in [0, 0.1) is 6.92 Å². The SMILES string of the molecule is COc1cc(NCc2cccc(C)c2)cc(OC)c1. The van der Waals surface area contributed by atoms with Crippen molar-refractivity contribution in [1.29, 1.82) is 0 Å². The minimum absolute atomic E-state index is 0.776. The molecule has 0 aromatic heterocycles. The molecule has 0 aliphatic rings. The lowest BCUT2D eigenvalue weighted by Crippen LogP contribution is -2.00. The molecule has 0 radical (unpaired) electrons. The van der Waals surface area contributed by atoms with Gasteiger partial charge in [0.05, 0.1) is 14.2 Å². The highest BCUT2D eigenvalue weighted by Gasteiger charge is 2.01. The fourth-order valence-electron chi connectivity index (χ4n) is 1.94. The molecule has 0 fully saturated rings. The van der Waals surface area contributed by atoms with Crippen molar-refractivity contribution in [2.24, 2.45) is 0 Å². The van der Waals surface area contributed by atoms with Crippen LogP contribution < -0.4 is 14.8 Å². The molecule has 0 unspecified atom stereocenters. The van der Waals surface area contributed by atoms with Gasteiger partial charge in [0.25, 0.3) is 0 Å². The lowest BCUT2D eigenvalue weighted by atomic mass is 10.1. The maximum atomic E-state index is 5.25. The van der Waals surface area contributed by atoms with E-state index < -0.39 is 0 Å².